The second-order valence-electron chi connectivity index (χ2n) is 6.05. The summed E-state index contributed by atoms with van der Waals surface area (Å²) in [5.74, 6) is 0.492. The Hall–Kier alpha value is -2.99. The topological polar surface area (TPSA) is 80.6 Å². The molecule has 0 atom stereocenters. The smallest absolute Gasteiger partial charge is 0.293 e. The maximum atomic E-state index is 12.8. The monoisotopic (exact) mass is 400 g/mol. The molecule has 0 bridgehead atoms. The first kappa shape index (κ1) is 19.8. The zero-order chi connectivity index (χ0) is 19.9. The van der Waals surface area contributed by atoms with Gasteiger partial charge in [0.05, 0.1) is 6.61 Å². The zero-order valence-electron chi connectivity index (χ0n) is 15.5. The van der Waals surface area contributed by atoms with Gasteiger partial charge < -0.3 is 19.8 Å². The Morgan fingerprint density at radius 2 is 1.82 bits per heavy atom. The average molecular weight is 401 g/mol. The normalized spacial score (nSPS) is 10.6. The van der Waals surface area contributed by atoms with E-state index >= 15 is 0 Å². The number of fused-ring (bicyclic) bond motifs is 1. The number of furan rings is 1. The zero-order valence-corrected chi connectivity index (χ0v) is 16.2. The number of para-hydroxylation sites is 1. The lowest BCUT2D eigenvalue weighted by Gasteiger charge is -2.08. The highest BCUT2D eigenvalue weighted by Crippen LogP contribution is 2.31. The minimum atomic E-state index is -0.451. The van der Waals surface area contributed by atoms with Gasteiger partial charge in [-0.15, -0.1) is 11.6 Å². The van der Waals surface area contributed by atoms with Crippen LogP contribution in [0, 0.1) is 0 Å². The molecule has 0 unspecified atom stereocenters. The number of ether oxygens (including phenoxy) is 1. The molecule has 1 aromatic heterocycles. The van der Waals surface area contributed by atoms with Crippen LogP contribution in [0.1, 0.15) is 30.3 Å². The quantitative estimate of drug-likeness (QED) is 0.519. The molecule has 7 heteroatoms. The average Bonchev–Trinajstić information content (AvgIpc) is 3.07. The first-order chi connectivity index (χ1) is 13.6. The Labute approximate surface area is 167 Å². The van der Waals surface area contributed by atoms with Crippen LogP contribution in [-0.2, 0) is 4.79 Å². The van der Waals surface area contributed by atoms with Gasteiger partial charge >= 0.3 is 0 Å². The molecule has 0 saturated heterocycles. The molecule has 146 valence electrons. The van der Waals surface area contributed by atoms with Crippen molar-refractivity contribution in [1.29, 1.82) is 0 Å². The number of halogens is 1. The van der Waals surface area contributed by atoms with Crippen LogP contribution in [0.15, 0.2) is 52.9 Å². The summed E-state index contributed by atoms with van der Waals surface area (Å²) in [7, 11) is 0. The van der Waals surface area contributed by atoms with Gasteiger partial charge in [0.2, 0.25) is 11.7 Å². The summed E-state index contributed by atoms with van der Waals surface area (Å²) in [5, 5.41) is 6.24. The number of hydrogen-bond donors (Lipinski definition) is 2. The van der Waals surface area contributed by atoms with E-state index in [-0.39, 0.29) is 18.1 Å². The summed E-state index contributed by atoms with van der Waals surface area (Å²) in [6.45, 7) is 2.47. The van der Waals surface area contributed by atoms with E-state index in [1.807, 2.05) is 13.0 Å². The fraction of sp³-hybridized carbons (Fsp3) is 0.238. The van der Waals surface area contributed by atoms with E-state index in [2.05, 4.69) is 10.6 Å². The highest BCUT2D eigenvalue weighted by atomic mass is 35.5. The van der Waals surface area contributed by atoms with Crippen LogP contribution in [-0.4, -0.2) is 24.3 Å². The molecule has 6 nitrogen and oxygen atoms in total. The maximum absolute atomic E-state index is 12.8. The van der Waals surface area contributed by atoms with Crippen LogP contribution in [0.5, 0.6) is 5.75 Å². The predicted octanol–water partition coefficient (Wildman–Crippen LogP) is 5.04. The van der Waals surface area contributed by atoms with Crippen LogP contribution in [0.3, 0.4) is 0 Å². The van der Waals surface area contributed by atoms with Gasteiger partial charge in [0, 0.05) is 23.4 Å². The van der Waals surface area contributed by atoms with E-state index in [9.17, 15) is 9.59 Å². The molecule has 3 aromatic rings. The molecule has 2 aromatic carbocycles. The van der Waals surface area contributed by atoms with Gasteiger partial charge in [-0.05, 0) is 49.7 Å². The number of carbonyl (C=O) groups excluding carboxylic acids is 2. The summed E-state index contributed by atoms with van der Waals surface area (Å²) >= 11 is 5.65. The SMILES string of the molecule is CCOc1ccc(NC(=O)c2oc3ccccc3c2NC(=O)CCCCl)cc1. The first-order valence-electron chi connectivity index (χ1n) is 9.04. The van der Waals surface area contributed by atoms with Crippen molar-refractivity contribution in [2.75, 3.05) is 23.1 Å². The molecule has 2 N–H and O–H groups in total. The van der Waals surface area contributed by atoms with Gasteiger partial charge in [0.25, 0.3) is 5.91 Å². The van der Waals surface area contributed by atoms with Gasteiger partial charge in [-0.2, -0.15) is 0 Å². The summed E-state index contributed by atoms with van der Waals surface area (Å²) < 4.78 is 11.1. The van der Waals surface area contributed by atoms with Gasteiger partial charge in [0.15, 0.2) is 0 Å². The van der Waals surface area contributed by atoms with Crippen LogP contribution in [0.4, 0.5) is 11.4 Å². The second kappa shape index (κ2) is 9.28. The molecule has 0 fully saturated rings. The first-order valence-corrected chi connectivity index (χ1v) is 9.57. The van der Waals surface area contributed by atoms with Crippen LogP contribution < -0.4 is 15.4 Å². The number of alkyl halides is 1. The number of benzene rings is 2. The molecule has 0 spiro atoms. The van der Waals surface area contributed by atoms with E-state index in [1.54, 1.807) is 42.5 Å². The Morgan fingerprint density at radius 3 is 2.54 bits per heavy atom. The third-order valence-corrected chi connectivity index (χ3v) is 4.29. The van der Waals surface area contributed by atoms with Crippen molar-refractivity contribution in [1.82, 2.24) is 0 Å². The van der Waals surface area contributed by atoms with E-state index in [0.29, 0.717) is 41.3 Å². The number of amides is 2. The minimum absolute atomic E-state index is 0.0503. The second-order valence-corrected chi connectivity index (χ2v) is 6.43. The molecule has 0 aliphatic carbocycles. The lowest BCUT2D eigenvalue weighted by Crippen LogP contribution is -2.17. The molecule has 2 amide bonds. The number of carbonyl (C=O) groups is 2. The van der Waals surface area contributed by atoms with Crippen molar-refractivity contribution in [3.05, 3.63) is 54.3 Å². The van der Waals surface area contributed by atoms with Gasteiger partial charge in [-0.3, -0.25) is 9.59 Å². The highest BCUT2D eigenvalue weighted by Gasteiger charge is 2.22. The fourth-order valence-corrected chi connectivity index (χ4v) is 2.88. The Kier molecular flexibility index (Phi) is 6.55. The molecule has 0 aliphatic rings. The van der Waals surface area contributed by atoms with E-state index in [4.69, 9.17) is 20.8 Å². The van der Waals surface area contributed by atoms with Crippen molar-refractivity contribution in [2.45, 2.75) is 19.8 Å². The number of anilines is 2. The van der Waals surface area contributed by atoms with Crippen molar-refractivity contribution < 1.29 is 18.7 Å². The molecule has 0 radical (unpaired) electrons. The van der Waals surface area contributed by atoms with Gasteiger partial charge in [0.1, 0.15) is 17.0 Å². The Balaban J connectivity index is 1.85. The lowest BCUT2D eigenvalue weighted by molar-refractivity contribution is -0.116. The lowest BCUT2D eigenvalue weighted by atomic mass is 10.2. The maximum Gasteiger partial charge on any atom is 0.293 e. The largest absolute Gasteiger partial charge is 0.494 e. The molecule has 0 saturated carbocycles. The minimum Gasteiger partial charge on any atom is -0.494 e. The van der Waals surface area contributed by atoms with Crippen molar-refractivity contribution >= 4 is 45.8 Å². The van der Waals surface area contributed by atoms with Gasteiger partial charge in [-0.25, -0.2) is 0 Å². The molecule has 1 heterocycles. The summed E-state index contributed by atoms with van der Waals surface area (Å²) in [6, 6.07) is 14.2. The molecule has 28 heavy (non-hydrogen) atoms. The summed E-state index contributed by atoms with van der Waals surface area (Å²) in [6.07, 6.45) is 0.819. The molecular weight excluding hydrogens is 380 g/mol. The van der Waals surface area contributed by atoms with Crippen LogP contribution in [0.2, 0.25) is 0 Å². The van der Waals surface area contributed by atoms with Crippen molar-refractivity contribution in [2.24, 2.45) is 0 Å². The number of hydrogen-bond acceptors (Lipinski definition) is 4. The third-order valence-electron chi connectivity index (χ3n) is 4.03. The standard InChI is InChI=1S/C21H21ClN2O4/c1-2-27-15-11-9-14(10-12-15)23-21(26)20-19(24-18(25)8-5-13-22)16-6-3-4-7-17(16)28-20/h3-4,6-7,9-12H,2,5,8,13H2,1H3,(H,23,26)(H,24,25). The van der Waals surface area contributed by atoms with Crippen LogP contribution >= 0.6 is 11.6 Å². The molecular formula is C21H21ClN2O4. The van der Waals surface area contributed by atoms with Gasteiger partial charge in [-0.1, -0.05) is 12.1 Å². The van der Waals surface area contributed by atoms with Crippen LogP contribution in [0.25, 0.3) is 11.0 Å². The highest BCUT2D eigenvalue weighted by molar-refractivity contribution is 6.18. The van der Waals surface area contributed by atoms with Crippen molar-refractivity contribution in [3.8, 4) is 5.75 Å². The molecule has 3 rings (SSSR count). The summed E-state index contributed by atoms with van der Waals surface area (Å²) in [5.41, 5.74) is 1.47. The molecule has 0 aliphatic heterocycles. The van der Waals surface area contributed by atoms with E-state index < -0.39 is 5.91 Å². The van der Waals surface area contributed by atoms with Crippen molar-refractivity contribution in [3.63, 3.8) is 0 Å². The summed E-state index contributed by atoms with van der Waals surface area (Å²) in [4.78, 5) is 25.0. The predicted molar refractivity (Wildman–Crippen MR) is 110 cm³/mol. The number of rotatable bonds is 8. The van der Waals surface area contributed by atoms with E-state index in [0.717, 1.165) is 5.75 Å². The number of nitrogens with one attached hydrogen (secondary N) is 2. The van der Waals surface area contributed by atoms with E-state index in [1.165, 1.54) is 0 Å². The third kappa shape index (κ3) is 4.64. The Morgan fingerprint density at radius 1 is 1.07 bits per heavy atom. The Bertz CT molecular complexity index is 966. The fourth-order valence-electron chi connectivity index (χ4n) is 2.75.